The first-order chi connectivity index (χ1) is 5.71. The van der Waals surface area contributed by atoms with Gasteiger partial charge < -0.3 is 4.74 Å². The molecule has 13 heavy (non-hydrogen) atoms. The molecule has 1 atom stereocenters. The van der Waals surface area contributed by atoms with E-state index in [4.69, 9.17) is 4.74 Å². The molecule has 1 rings (SSSR count). The number of esters is 1. The van der Waals surface area contributed by atoms with Crippen LogP contribution >= 0.6 is 0 Å². The Balaban J connectivity index is 2.74. The van der Waals surface area contributed by atoms with Gasteiger partial charge in [-0.3, -0.25) is 4.79 Å². The third-order valence-electron chi connectivity index (χ3n) is 2.60. The van der Waals surface area contributed by atoms with Crippen LogP contribution in [0.2, 0.25) is 0 Å². The lowest BCUT2D eigenvalue weighted by atomic mass is 9.74. The topological polar surface area (TPSA) is 26.3 Å². The Morgan fingerprint density at radius 1 is 1.38 bits per heavy atom. The number of cyclic esters (lactones) is 1. The molecule has 0 aliphatic carbocycles. The minimum atomic E-state index is -0.0452. The maximum absolute atomic E-state index is 11.3. The van der Waals surface area contributed by atoms with Crippen molar-refractivity contribution in [3.8, 4) is 0 Å². The molecule has 0 aromatic rings. The Hall–Kier alpha value is -0.530. The Labute approximate surface area is 80.7 Å². The molecule has 0 radical (unpaired) electrons. The van der Waals surface area contributed by atoms with Crippen molar-refractivity contribution in [2.45, 2.75) is 53.6 Å². The van der Waals surface area contributed by atoms with Gasteiger partial charge in [-0.25, -0.2) is 0 Å². The van der Waals surface area contributed by atoms with Crippen molar-refractivity contribution < 1.29 is 9.53 Å². The van der Waals surface area contributed by atoms with E-state index in [1.54, 1.807) is 0 Å². The van der Waals surface area contributed by atoms with Crippen LogP contribution < -0.4 is 0 Å². The quantitative estimate of drug-likeness (QED) is 0.541. The van der Waals surface area contributed by atoms with Crippen molar-refractivity contribution in [2.24, 2.45) is 10.8 Å². The summed E-state index contributed by atoms with van der Waals surface area (Å²) in [4.78, 5) is 11.3. The van der Waals surface area contributed by atoms with Crippen LogP contribution in [0.25, 0.3) is 0 Å². The number of carbonyl (C=O) groups is 1. The molecule has 0 saturated carbocycles. The van der Waals surface area contributed by atoms with E-state index in [0.29, 0.717) is 6.42 Å². The van der Waals surface area contributed by atoms with Crippen molar-refractivity contribution in [1.29, 1.82) is 0 Å². The van der Waals surface area contributed by atoms with Gasteiger partial charge in [0.1, 0.15) is 6.10 Å². The molecule has 0 N–H and O–H groups in total. The first kappa shape index (κ1) is 10.6. The van der Waals surface area contributed by atoms with Gasteiger partial charge in [0.15, 0.2) is 0 Å². The lowest BCUT2D eigenvalue weighted by Gasteiger charge is -2.40. The van der Waals surface area contributed by atoms with E-state index < -0.39 is 0 Å². The highest BCUT2D eigenvalue weighted by atomic mass is 16.5. The number of carbonyl (C=O) groups excluding carboxylic acids is 1. The molecule has 0 aromatic carbocycles. The normalized spacial score (nSPS) is 28.4. The molecule has 0 spiro atoms. The number of ether oxygens (including phenoxy) is 1. The highest BCUT2D eigenvalue weighted by Crippen LogP contribution is 2.39. The molecule has 1 aliphatic rings. The minimum absolute atomic E-state index is 0.0452. The molecule has 1 fully saturated rings. The first-order valence-electron chi connectivity index (χ1n) is 4.90. The summed E-state index contributed by atoms with van der Waals surface area (Å²) in [6, 6.07) is 0. The van der Waals surface area contributed by atoms with E-state index in [1.807, 2.05) is 0 Å². The third kappa shape index (κ3) is 2.71. The van der Waals surface area contributed by atoms with Crippen molar-refractivity contribution >= 4 is 5.97 Å². The lowest BCUT2D eigenvalue weighted by molar-refractivity contribution is -0.168. The first-order valence-corrected chi connectivity index (χ1v) is 4.90. The van der Waals surface area contributed by atoms with Crippen molar-refractivity contribution in [3.05, 3.63) is 0 Å². The summed E-state index contributed by atoms with van der Waals surface area (Å²) in [5, 5.41) is 0. The Bertz CT molecular complexity index is 211. The average molecular weight is 184 g/mol. The largest absolute Gasteiger partial charge is 0.462 e. The number of hydrogen-bond acceptors (Lipinski definition) is 2. The van der Waals surface area contributed by atoms with Crippen LogP contribution in [0.3, 0.4) is 0 Å². The van der Waals surface area contributed by atoms with E-state index >= 15 is 0 Å². The zero-order valence-electron chi connectivity index (χ0n) is 9.31. The summed E-state index contributed by atoms with van der Waals surface area (Å²) >= 11 is 0. The van der Waals surface area contributed by atoms with Gasteiger partial charge in [0.2, 0.25) is 0 Å². The summed E-state index contributed by atoms with van der Waals surface area (Å²) < 4.78 is 5.35. The second-order valence-electron chi connectivity index (χ2n) is 5.89. The van der Waals surface area contributed by atoms with E-state index in [9.17, 15) is 4.79 Å². The molecule has 1 unspecified atom stereocenters. The van der Waals surface area contributed by atoms with Crippen LogP contribution in [0.5, 0.6) is 0 Å². The predicted molar refractivity (Wildman–Crippen MR) is 52.4 cm³/mol. The van der Waals surface area contributed by atoms with Crippen LogP contribution in [0, 0.1) is 10.8 Å². The Morgan fingerprint density at radius 2 is 1.92 bits per heavy atom. The SMILES string of the molecule is CC1(C)CC(=O)OC(C(C)(C)C)C1. The van der Waals surface area contributed by atoms with Crippen LogP contribution in [-0.2, 0) is 9.53 Å². The van der Waals surface area contributed by atoms with E-state index in [1.165, 1.54) is 0 Å². The molecule has 1 aliphatic heterocycles. The van der Waals surface area contributed by atoms with E-state index in [-0.39, 0.29) is 22.9 Å². The fourth-order valence-corrected chi connectivity index (χ4v) is 1.69. The zero-order chi connectivity index (χ0) is 10.3. The average Bonchev–Trinajstić information content (AvgIpc) is 1.79. The van der Waals surface area contributed by atoms with Crippen LogP contribution in [-0.4, -0.2) is 12.1 Å². The summed E-state index contributed by atoms with van der Waals surface area (Å²) in [6.45, 7) is 10.6. The molecule has 0 amide bonds. The molecule has 2 nitrogen and oxygen atoms in total. The fraction of sp³-hybridized carbons (Fsp3) is 0.909. The lowest BCUT2D eigenvalue weighted by Crippen LogP contribution is -2.41. The van der Waals surface area contributed by atoms with Crippen LogP contribution in [0.4, 0.5) is 0 Å². The van der Waals surface area contributed by atoms with E-state index in [0.717, 1.165) is 6.42 Å². The maximum atomic E-state index is 11.3. The van der Waals surface area contributed by atoms with Crippen molar-refractivity contribution in [2.75, 3.05) is 0 Å². The van der Waals surface area contributed by atoms with Crippen molar-refractivity contribution in [3.63, 3.8) is 0 Å². The number of hydrogen-bond donors (Lipinski definition) is 0. The van der Waals surface area contributed by atoms with Gasteiger partial charge in [0.05, 0.1) is 6.42 Å². The van der Waals surface area contributed by atoms with Gasteiger partial charge in [-0.2, -0.15) is 0 Å². The molecule has 76 valence electrons. The highest BCUT2D eigenvalue weighted by Gasteiger charge is 2.39. The maximum Gasteiger partial charge on any atom is 0.306 e. The van der Waals surface area contributed by atoms with Gasteiger partial charge in [-0.05, 0) is 17.3 Å². The fourth-order valence-electron chi connectivity index (χ4n) is 1.69. The van der Waals surface area contributed by atoms with Gasteiger partial charge >= 0.3 is 5.97 Å². The molecule has 1 saturated heterocycles. The molecule has 0 aromatic heterocycles. The Kier molecular flexibility index (Phi) is 2.44. The minimum Gasteiger partial charge on any atom is -0.462 e. The molecule has 1 heterocycles. The molecular weight excluding hydrogens is 164 g/mol. The summed E-state index contributed by atoms with van der Waals surface area (Å²) in [6.07, 6.45) is 1.60. The summed E-state index contributed by atoms with van der Waals surface area (Å²) in [7, 11) is 0. The smallest absolute Gasteiger partial charge is 0.306 e. The summed E-state index contributed by atoms with van der Waals surface area (Å²) in [5.41, 5.74) is 0.167. The third-order valence-corrected chi connectivity index (χ3v) is 2.60. The standard InChI is InChI=1S/C11H20O2/c1-10(2,3)8-6-11(4,5)7-9(12)13-8/h8H,6-7H2,1-5H3. The van der Waals surface area contributed by atoms with Crippen molar-refractivity contribution in [1.82, 2.24) is 0 Å². The van der Waals surface area contributed by atoms with Gasteiger partial charge in [0.25, 0.3) is 0 Å². The van der Waals surface area contributed by atoms with E-state index in [2.05, 4.69) is 34.6 Å². The molecule has 2 heteroatoms. The Morgan fingerprint density at radius 3 is 2.31 bits per heavy atom. The number of rotatable bonds is 0. The van der Waals surface area contributed by atoms with Crippen LogP contribution in [0.15, 0.2) is 0 Å². The van der Waals surface area contributed by atoms with Gasteiger partial charge in [-0.15, -0.1) is 0 Å². The second-order valence-corrected chi connectivity index (χ2v) is 5.89. The monoisotopic (exact) mass is 184 g/mol. The second kappa shape index (κ2) is 3.00. The van der Waals surface area contributed by atoms with Gasteiger partial charge in [0, 0.05) is 0 Å². The summed E-state index contributed by atoms with van der Waals surface area (Å²) in [5.74, 6) is -0.0452. The molecule has 0 bridgehead atoms. The predicted octanol–water partition coefficient (Wildman–Crippen LogP) is 2.76. The molecular formula is C11H20O2. The zero-order valence-corrected chi connectivity index (χ0v) is 9.31. The van der Waals surface area contributed by atoms with Gasteiger partial charge in [-0.1, -0.05) is 34.6 Å². The highest BCUT2D eigenvalue weighted by molar-refractivity contribution is 5.71. The van der Waals surface area contributed by atoms with Crippen LogP contribution in [0.1, 0.15) is 47.5 Å².